The van der Waals surface area contributed by atoms with Gasteiger partial charge >= 0.3 is 0 Å². The number of amides is 2. The summed E-state index contributed by atoms with van der Waals surface area (Å²) in [6.45, 7) is 8.65. The van der Waals surface area contributed by atoms with Gasteiger partial charge in [-0.05, 0) is 59.8 Å². The Bertz CT molecular complexity index is 1530. The Hall–Kier alpha value is -4.28. The van der Waals surface area contributed by atoms with Gasteiger partial charge < -0.3 is 30.0 Å². The molecule has 242 valence electrons. The van der Waals surface area contributed by atoms with Gasteiger partial charge in [-0.25, -0.2) is 9.97 Å². The van der Waals surface area contributed by atoms with Crippen molar-refractivity contribution >= 4 is 11.8 Å². The van der Waals surface area contributed by atoms with Crippen LogP contribution in [-0.4, -0.2) is 77.1 Å². The maximum atomic E-state index is 12.9. The van der Waals surface area contributed by atoms with Crippen molar-refractivity contribution in [2.45, 2.75) is 77.7 Å². The Morgan fingerprint density at radius 1 is 0.652 bits per heavy atom. The van der Waals surface area contributed by atoms with Crippen LogP contribution in [0.2, 0.25) is 0 Å². The third kappa shape index (κ3) is 6.24. The Kier molecular flexibility index (Phi) is 9.11. The summed E-state index contributed by atoms with van der Waals surface area (Å²) < 4.78 is 0. The molecule has 10 nitrogen and oxygen atoms in total. The second kappa shape index (κ2) is 13.2. The highest BCUT2D eigenvalue weighted by Crippen LogP contribution is 2.35. The first kappa shape index (κ1) is 31.7. The number of hydrogen-bond acceptors (Lipinski definition) is 6. The zero-order chi connectivity index (χ0) is 32.5. The Balaban J connectivity index is 1.12. The van der Waals surface area contributed by atoms with E-state index in [2.05, 4.69) is 68.5 Å². The molecule has 0 saturated carbocycles. The van der Waals surface area contributed by atoms with E-state index in [-0.39, 0.29) is 35.7 Å². The predicted molar refractivity (Wildman–Crippen MR) is 176 cm³/mol. The van der Waals surface area contributed by atoms with Crippen molar-refractivity contribution in [1.29, 1.82) is 0 Å². The van der Waals surface area contributed by atoms with Crippen molar-refractivity contribution in [3.63, 3.8) is 0 Å². The van der Waals surface area contributed by atoms with Crippen molar-refractivity contribution < 1.29 is 19.8 Å². The van der Waals surface area contributed by atoms with Crippen molar-refractivity contribution in [2.75, 3.05) is 13.1 Å². The van der Waals surface area contributed by atoms with E-state index in [1.807, 2.05) is 40.1 Å². The topological polar surface area (TPSA) is 138 Å². The summed E-state index contributed by atoms with van der Waals surface area (Å²) in [5, 5.41) is 20.7. The molecule has 0 aliphatic carbocycles. The summed E-state index contributed by atoms with van der Waals surface area (Å²) >= 11 is 0. The Morgan fingerprint density at radius 2 is 1.00 bits per heavy atom. The third-order valence-corrected chi connectivity index (χ3v) is 9.39. The lowest BCUT2D eigenvalue weighted by Gasteiger charge is -2.27. The first-order valence-electron chi connectivity index (χ1n) is 16.4. The molecule has 4 N–H and O–H groups in total. The van der Waals surface area contributed by atoms with Gasteiger partial charge in [-0.2, -0.15) is 0 Å². The largest absolute Gasteiger partial charge is 0.383 e. The van der Waals surface area contributed by atoms with Gasteiger partial charge in [0, 0.05) is 13.1 Å². The first-order valence-corrected chi connectivity index (χ1v) is 16.4. The minimum absolute atomic E-state index is 0.133. The SMILES string of the molecule is CC(C)[C@H](O)C(=O)N1CCC[C@H]1c1ncc(-c2ccc(-c3ccc(-c4cnc([C@@H]5CCCN5C(=O)[C@@H](O)C(C)C)[nH]4)cc3)cc2)[nH]1. The maximum Gasteiger partial charge on any atom is 0.252 e. The van der Waals surface area contributed by atoms with Crippen LogP contribution in [0.1, 0.15) is 77.1 Å². The lowest BCUT2D eigenvalue weighted by Crippen LogP contribution is -2.41. The Labute approximate surface area is 269 Å². The number of benzene rings is 2. The summed E-state index contributed by atoms with van der Waals surface area (Å²) in [5.41, 5.74) is 5.94. The van der Waals surface area contributed by atoms with Gasteiger partial charge in [0.05, 0.1) is 35.9 Å². The lowest BCUT2D eigenvalue weighted by atomic mass is 10.0. The monoisotopic (exact) mass is 624 g/mol. The summed E-state index contributed by atoms with van der Waals surface area (Å²) in [4.78, 5) is 45.3. The molecule has 2 aliphatic rings. The fourth-order valence-corrected chi connectivity index (χ4v) is 6.53. The van der Waals surface area contributed by atoms with Crippen molar-refractivity contribution in [3.8, 4) is 33.6 Å². The van der Waals surface area contributed by atoms with E-state index >= 15 is 0 Å². The molecule has 4 atom stereocenters. The Morgan fingerprint density at radius 3 is 1.35 bits per heavy atom. The number of carbonyl (C=O) groups excluding carboxylic acids is 2. The number of aromatic amines is 2. The van der Waals surface area contributed by atoms with Gasteiger partial charge in [0.15, 0.2) is 0 Å². The number of carbonyl (C=O) groups is 2. The summed E-state index contributed by atoms with van der Waals surface area (Å²) in [6, 6.07) is 16.3. The van der Waals surface area contributed by atoms with Gasteiger partial charge in [0.2, 0.25) is 0 Å². The van der Waals surface area contributed by atoms with Crippen molar-refractivity contribution in [3.05, 3.63) is 72.6 Å². The summed E-state index contributed by atoms with van der Waals surface area (Å²) in [5.74, 6) is 0.775. The van der Waals surface area contributed by atoms with Crippen LogP contribution < -0.4 is 0 Å². The predicted octanol–water partition coefficient (Wildman–Crippen LogP) is 5.49. The van der Waals surface area contributed by atoms with Crippen LogP contribution >= 0.6 is 0 Å². The maximum absolute atomic E-state index is 12.9. The van der Waals surface area contributed by atoms with Crippen molar-refractivity contribution in [2.24, 2.45) is 11.8 Å². The standard InChI is InChI=1S/C36H44N6O4/c1-21(2)31(43)35(45)41-17-5-7-29(41)33-37-19-27(39-33)25-13-9-23(10-14-25)24-11-15-26(16-12-24)28-20-38-34(40-28)30-8-6-18-42(30)36(46)32(44)22(3)4/h9-16,19-22,29-32,43-44H,5-8,17-18H2,1-4H3,(H,37,39)(H,38,40)/t29-,30-,31-,32-/m0/s1. The molecule has 2 aliphatic heterocycles. The molecule has 10 heteroatoms. The van der Waals surface area contributed by atoms with Crippen LogP contribution in [-0.2, 0) is 9.59 Å². The normalized spacial score (nSPS) is 19.7. The second-order valence-corrected chi connectivity index (χ2v) is 13.3. The average molecular weight is 625 g/mol. The number of nitrogens with one attached hydrogen (secondary N) is 2. The van der Waals surface area contributed by atoms with Gasteiger partial charge in [-0.1, -0.05) is 76.2 Å². The number of nitrogens with zero attached hydrogens (tertiary/aromatic N) is 4. The molecular formula is C36H44N6O4. The summed E-state index contributed by atoms with van der Waals surface area (Å²) in [7, 11) is 0. The zero-order valence-electron chi connectivity index (χ0n) is 27.0. The highest BCUT2D eigenvalue weighted by Gasteiger charge is 2.37. The van der Waals surface area contributed by atoms with Gasteiger partial charge in [-0.15, -0.1) is 0 Å². The van der Waals surface area contributed by atoms with Gasteiger partial charge in [0.1, 0.15) is 23.9 Å². The number of aliphatic hydroxyl groups is 2. The molecule has 0 radical (unpaired) electrons. The molecule has 0 unspecified atom stereocenters. The fraction of sp³-hybridized carbons (Fsp3) is 0.444. The minimum Gasteiger partial charge on any atom is -0.383 e. The van der Waals surface area contributed by atoms with Crippen LogP contribution in [0, 0.1) is 11.8 Å². The van der Waals surface area contributed by atoms with E-state index in [1.165, 1.54) is 0 Å². The van der Waals surface area contributed by atoms with Crippen LogP contribution in [0.4, 0.5) is 0 Å². The number of H-pyrrole nitrogens is 2. The number of likely N-dealkylation sites (tertiary alicyclic amines) is 2. The number of imidazole rings is 2. The van der Waals surface area contributed by atoms with Crippen LogP contribution in [0.5, 0.6) is 0 Å². The van der Waals surface area contributed by atoms with Gasteiger partial charge in [0.25, 0.3) is 11.8 Å². The van der Waals surface area contributed by atoms with E-state index in [1.54, 1.807) is 9.80 Å². The second-order valence-electron chi connectivity index (χ2n) is 13.3. The fourth-order valence-electron chi connectivity index (χ4n) is 6.53. The van der Waals surface area contributed by atoms with E-state index < -0.39 is 12.2 Å². The molecule has 2 aromatic carbocycles. The van der Waals surface area contributed by atoms with E-state index in [4.69, 9.17) is 0 Å². The molecule has 46 heavy (non-hydrogen) atoms. The quantitative estimate of drug-likeness (QED) is 0.194. The highest BCUT2D eigenvalue weighted by atomic mass is 16.3. The molecular weight excluding hydrogens is 580 g/mol. The minimum atomic E-state index is -1.00. The molecule has 0 spiro atoms. The summed E-state index contributed by atoms with van der Waals surface area (Å²) in [6.07, 6.45) is 5.03. The molecule has 2 aromatic heterocycles. The van der Waals surface area contributed by atoms with Gasteiger partial charge in [-0.3, -0.25) is 9.59 Å². The number of hydrogen-bond donors (Lipinski definition) is 4. The molecule has 6 rings (SSSR count). The van der Waals surface area contributed by atoms with Crippen LogP contribution in [0.15, 0.2) is 60.9 Å². The average Bonchev–Trinajstić information content (AvgIpc) is 3.89. The van der Waals surface area contributed by atoms with E-state index in [0.717, 1.165) is 71.0 Å². The zero-order valence-corrected chi connectivity index (χ0v) is 27.0. The smallest absolute Gasteiger partial charge is 0.252 e. The van der Waals surface area contributed by atoms with Crippen LogP contribution in [0.3, 0.4) is 0 Å². The third-order valence-electron chi connectivity index (χ3n) is 9.39. The molecule has 0 bridgehead atoms. The van der Waals surface area contributed by atoms with Crippen molar-refractivity contribution in [1.82, 2.24) is 29.7 Å². The highest BCUT2D eigenvalue weighted by molar-refractivity contribution is 5.82. The molecule has 2 saturated heterocycles. The number of aliphatic hydroxyl groups excluding tert-OH is 2. The van der Waals surface area contributed by atoms with E-state index in [0.29, 0.717) is 13.1 Å². The lowest BCUT2D eigenvalue weighted by molar-refractivity contribution is -0.144. The number of rotatable bonds is 9. The van der Waals surface area contributed by atoms with E-state index in [9.17, 15) is 19.8 Å². The molecule has 2 amide bonds. The first-order chi connectivity index (χ1) is 22.1. The van der Waals surface area contributed by atoms with Crippen LogP contribution in [0.25, 0.3) is 33.6 Å². The molecule has 4 heterocycles. The molecule has 2 fully saturated rings. The molecule has 4 aromatic rings. The number of aromatic nitrogens is 4.